The summed E-state index contributed by atoms with van der Waals surface area (Å²) in [5.74, 6) is 1.01. The van der Waals surface area contributed by atoms with Gasteiger partial charge in [0.2, 0.25) is 0 Å². The maximum Gasteiger partial charge on any atom is 0.122 e. The Kier molecular flexibility index (Phi) is 14.5. The van der Waals surface area contributed by atoms with Crippen molar-refractivity contribution in [2.24, 2.45) is 0 Å². The van der Waals surface area contributed by atoms with Gasteiger partial charge in [-0.25, -0.2) is 0 Å². The third-order valence-electron chi connectivity index (χ3n) is 4.73. The van der Waals surface area contributed by atoms with Crippen LogP contribution in [0, 0.1) is 20.8 Å². The van der Waals surface area contributed by atoms with Gasteiger partial charge in [-0.1, -0.05) is 99.6 Å². The van der Waals surface area contributed by atoms with Crippen LogP contribution in [0.5, 0.6) is 5.75 Å². The van der Waals surface area contributed by atoms with Gasteiger partial charge in [-0.05, 0) is 72.4 Å². The second kappa shape index (κ2) is 14.3. The average Bonchev–Trinajstić information content (AvgIpc) is 2.68. The van der Waals surface area contributed by atoms with Gasteiger partial charge in [-0.2, -0.15) is 0 Å². The minimum absolute atomic E-state index is 0.194. The number of aryl methyl sites for hydroxylation is 3. The molecule has 0 N–H and O–H groups in total. The summed E-state index contributed by atoms with van der Waals surface area (Å²) in [6, 6.07) is 13.2. The first-order valence-corrected chi connectivity index (χ1v) is 11.7. The highest BCUT2D eigenvalue weighted by atomic mass is 16.5. The maximum atomic E-state index is 5.57. The summed E-state index contributed by atoms with van der Waals surface area (Å²) >= 11 is 0. The van der Waals surface area contributed by atoms with E-state index in [0.717, 1.165) is 12.4 Å². The Labute approximate surface area is 189 Å². The van der Waals surface area contributed by atoms with Crippen LogP contribution in [0.2, 0.25) is 0 Å². The summed E-state index contributed by atoms with van der Waals surface area (Å²) in [6.07, 6.45) is 0. The van der Waals surface area contributed by atoms with Crippen LogP contribution in [-0.4, -0.2) is 6.61 Å². The Hall–Kier alpha value is -1.76. The van der Waals surface area contributed by atoms with Crippen molar-refractivity contribution in [2.75, 3.05) is 6.61 Å². The molecule has 0 spiro atoms. The van der Waals surface area contributed by atoms with Crippen molar-refractivity contribution in [3.8, 4) is 5.75 Å². The topological polar surface area (TPSA) is 9.23 Å². The smallest absolute Gasteiger partial charge is 0.122 e. The molecule has 172 valence electrons. The Morgan fingerprint density at radius 1 is 0.600 bits per heavy atom. The molecule has 0 unspecified atom stereocenters. The van der Waals surface area contributed by atoms with Crippen LogP contribution in [0.4, 0.5) is 0 Å². The van der Waals surface area contributed by atoms with Crippen molar-refractivity contribution in [1.29, 1.82) is 0 Å². The summed E-state index contributed by atoms with van der Waals surface area (Å²) in [7, 11) is 0. The van der Waals surface area contributed by atoms with Gasteiger partial charge in [0.15, 0.2) is 0 Å². The lowest BCUT2D eigenvalue weighted by Crippen LogP contribution is -2.11. The van der Waals surface area contributed by atoms with E-state index < -0.39 is 0 Å². The molecule has 0 bridgehead atoms. The van der Waals surface area contributed by atoms with Crippen molar-refractivity contribution in [3.05, 3.63) is 64.2 Å². The fourth-order valence-electron chi connectivity index (χ4n) is 2.59. The number of benzene rings is 2. The van der Waals surface area contributed by atoms with E-state index in [9.17, 15) is 0 Å². The van der Waals surface area contributed by atoms with Gasteiger partial charge in [0.05, 0.1) is 6.61 Å². The van der Waals surface area contributed by atoms with Crippen molar-refractivity contribution in [2.45, 2.75) is 108 Å². The van der Waals surface area contributed by atoms with Crippen LogP contribution < -0.4 is 4.74 Å². The van der Waals surface area contributed by atoms with Gasteiger partial charge in [0.1, 0.15) is 5.75 Å². The van der Waals surface area contributed by atoms with Crippen LogP contribution in [0.15, 0.2) is 36.4 Å². The first-order valence-electron chi connectivity index (χ1n) is 11.7. The fourth-order valence-corrected chi connectivity index (χ4v) is 2.59. The summed E-state index contributed by atoms with van der Waals surface area (Å²) < 4.78 is 5.57. The lowest BCUT2D eigenvalue weighted by Gasteiger charge is -2.20. The number of ether oxygens (including phenoxy) is 1. The summed E-state index contributed by atoms with van der Waals surface area (Å²) in [5.41, 5.74) is 7.19. The maximum absolute atomic E-state index is 5.57. The molecule has 0 aliphatic carbocycles. The standard InChI is InChI=1S/C13H20O.C12H18.2C2H6/c1-6-14-12-9-11(13(3,4)5)8-7-10(12)2;1-9-6-7-11(8-10(9)2)12(3,4)5;2*1-2/h7-9H,6H2,1-5H3;6-8H,1-5H3;2*1-2H3. The van der Waals surface area contributed by atoms with E-state index in [2.05, 4.69) is 98.7 Å². The van der Waals surface area contributed by atoms with Gasteiger partial charge in [-0.15, -0.1) is 0 Å². The molecule has 0 amide bonds. The molecule has 2 aromatic rings. The molecule has 0 fully saturated rings. The van der Waals surface area contributed by atoms with E-state index in [1.54, 1.807) is 0 Å². The minimum Gasteiger partial charge on any atom is -0.494 e. The van der Waals surface area contributed by atoms with E-state index in [0.29, 0.717) is 0 Å². The molecule has 0 aliphatic heterocycles. The van der Waals surface area contributed by atoms with E-state index in [1.165, 1.54) is 27.8 Å². The van der Waals surface area contributed by atoms with Gasteiger partial charge >= 0.3 is 0 Å². The zero-order chi connectivity index (χ0) is 24.1. The second-order valence-electron chi connectivity index (χ2n) is 9.21. The molecule has 2 aromatic carbocycles. The highest BCUT2D eigenvalue weighted by Crippen LogP contribution is 2.28. The lowest BCUT2D eigenvalue weighted by atomic mass is 9.85. The highest BCUT2D eigenvalue weighted by Gasteiger charge is 2.15. The highest BCUT2D eigenvalue weighted by molar-refractivity contribution is 5.39. The molecular weight excluding hydrogens is 364 g/mol. The molecular formula is C29H50O. The lowest BCUT2D eigenvalue weighted by molar-refractivity contribution is 0.337. The summed E-state index contributed by atoms with van der Waals surface area (Å²) in [6.45, 7) is 30.5. The number of rotatable bonds is 2. The predicted molar refractivity (Wildman–Crippen MR) is 138 cm³/mol. The Bertz CT molecular complexity index is 712. The molecule has 1 nitrogen and oxygen atoms in total. The number of hydrogen-bond donors (Lipinski definition) is 0. The van der Waals surface area contributed by atoms with E-state index in [-0.39, 0.29) is 10.8 Å². The fraction of sp³-hybridized carbons (Fsp3) is 0.586. The molecule has 0 atom stereocenters. The van der Waals surface area contributed by atoms with E-state index in [4.69, 9.17) is 4.74 Å². The molecule has 0 saturated carbocycles. The molecule has 0 aromatic heterocycles. The molecule has 0 heterocycles. The quantitative estimate of drug-likeness (QED) is 0.475. The van der Waals surface area contributed by atoms with Crippen LogP contribution in [0.1, 0.15) is 104 Å². The normalized spacial score (nSPS) is 10.5. The molecule has 0 aliphatic rings. The first-order chi connectivity index (χ1) is 13.9. The van der Waals surface area contributed by atoms with Crippen LogP contribution in [0.3, 0.4) is 0 Å². The van der Waals surface area contributed by atoms with Gasteiger partial charge in [-0.3, -0.25) is 0 Å². The monoisotopic (exact) mass is 414 g/mol. The molecule has 0 radical (unpaired) electrons. The third-order valence-corrected chi connectivity index (χ3v) is 4.73. The largest absolute Gasteiger partial charge is 0.494 e. The summed E-state index contributed by atoms with van der Waals surface area (Å²) in [4.78, 5) is 0. The van der Waals surface area contributed by atoms with E-state index >= 15 is 0 Å². The van der Waals surface area contributed by atoms with Crippen molar-refractivity contribution >= 4 is 0 Å². The van der Waals surface area contributed by atoms with Crippen molar-refractivity contribution in [3.63, 3.8) is 0 Å². The third kappa shape index (κ3) is 10.9. The first kappa shape index (κ1) is 30.4. The molecule has 1 heteroatoms. The van der Waals surface area contributed by atoms with Gasteiger partial charge in [0, 0.05) is 0 Å². The van der Waals surface area contributed by atoms with Crippen LogP contribution in [0.25, 0.3) is 0 Å². The zero-order valence-electron chi connectivity index (χ0n) is 22.6. The van der Waals surface area contributed by atoms with Crippen molar-refractivity contribution < 1.29 is 4.74 Å². The number of hydrogen-bond acceptors (Lipinski definition) is 1. The minimum atomic E-state index is 0.194. The predicted octanol–water partition coefficient (Wildman–Crippen LogP) is 9.34. The second-order valence-corrected chi connectivity index (χ2v) is 9.21. The Morgan fingerprint density at radius 2 is 1.00 bits per heavy atom. The van der Waals surface area contributed by atoms with Gasteiger partial charge in [0.25, 0.3) is 0 Å². The Balaban J connectivity index is 0. The Morgan fingerprint density at radius 3 is 1.37 bits per heavy atom. The molecule has 0 saturated heterocycles. The average molecular weight is 415 g/mol. The van der Waals surface area contributed by atoms with Crippen LogP contribution >= 0.6 is 0 Å². The molecule has 30 heavy (non-hydrogen) atoms. The van der Waals surface area contributed by atoms with Gasteiger partial charge < -0.3 is 4.74 Å². The zero-order valence-corrected chi connectivity index (χ0v) is 22.6. The van der Waals surface area contributed by atoms with Crippen LogP contribution in [-0.2, 0) is 10.8 Å². The SMILES string of the molecule is CC.CC.CCOc1cc(C(C)(C)C)ccc1C.Cc1ccc(C(C)(C)C)cc1C. The van der Waals surface area contributed by atoms with Crippen molar-refractivity contribution in [1.82, 2.24) is 0 Å². The van der Waals surface area contributed by atoms with E-state index in [1.807, 2.05) is 34.6 Å². The summed E-state index contributed by atoms with van der Waals surface area (Å²) in [5, 5.41) is 0. The molecule has 2 rings (SSSR count).